The molecule has 0 saturated carbocycles. The van der Waals surface area contributed by atoms with Crippen molar-refractivity contribution in [3.05, 3.63) is 76.9 Å². The van der Waals surface area contributed by atoms with Gasteiger partial charge in [0.15, 0.2) is 12.2 Å². The average molecular weight is 451 g/mol. The minimum absolute atomic E-state index is 0.345. The predicted molar refractivity (Wildman–Crippen MR) is 127 cm³/mol. The zero-order valence-corrected chi connectivity index (χ0v) is 19.5. The molecule has 2 aromatic heterocycles. The normalized spacial score (nSPS) is 12.1. The number of rotatable bonds is 7. The summed E-state index contributed by atoms with van der Waals surface area (Å²) >= 11 is 6.09. The van der Waals surface area contributed by atoms with E-state index < -0.39 is 11.4 Å². The van der Waals surface area contributed by atoms with Gasteiger partial charge in [0.2, 0.25) is 0 Å². The Bertz CT molecular complexity index is 1250. The second-order valence-corrected chi connectivity index (χ2v) is 9.63. The number of fused-ring (bicyclic) bond motifs is 1. The van der Waals surface area contributed by atoms with Gasteiger partial charge in [0.25, 0.3) is 0 Å². The van der Waals surface area contributed by atoms with E-state index in [0.717, 1.165) is 27.7 Å². The number of halogens is 1. The van der Waals surface area contributed by atoms with Crippen LogP contribution in [0.2, 0.25) is 5.02 Å². The molecule has 0 fully saturated rings. The van der Waals surface area contributed by atoms with Gasteiger partial charge in [0, 0.05) is 40.1 Å². The number of hydrogen-bond donors (Lipinski definition) is 1. The lowest BCUT2D eigenvalue weighted by Crippen LogP contribution is -2.27. The van der Waals surface area contributed by atoms with Gasteiger partial charge in [-0.2, -0.15) is 0 Å². The van der Waals surface area contributed by atoms with Gasteiger partial charge >= 0.3 is 5.97 Å². The first-order valence-corrected chi connectivity index (χ1v) is 11.1. The number of aromatic nitrogens is 2. The molecule has 5 nitrogen and oxygen atoms in total. The zero-order chi connectivity index (χ0) is 23.0. The fraction of sp³-hybridized carbons (Fsp3) is 0.308. The monoisotopic (exact) mass is 450 g/mol. The smallest absolute Gasteiger partial charge is 0.309 e. The number of hydrogen-bond acceptors (Lipinski definition) is 3. The van der Waals surface area contributed by atoms with E-state index >= 15 is 0 Å². The van der Waals surface area contributed by atoms with Crippen LogP contribution in [0, 0.1) is 5.41 Å². The molecule has 166 valence electrons. The van der Waals surface area contributed by atoms with E-state index in [1.807, 2.05) is 24.3 Å². The van der Waals surface area contributed by atoms with Crippen LogP contribution >= 0.6 is 11.6 Å². The highest BCUT2D eigenvalue weighted by Gasteiger charge is 2.32. The van der Waals surface area contributed by atoms with Crippen molar-refractivity contribution >= 4 is 28.5 Å². The van der Waals surface area contributed by atoms with Crippen molar-refractivity contribution in [1.82, 2.24) is 9.55 Å². The van der Waals surface area contributed by atoms with Gasteiger partial charge in [0.1, 0.15) is 0 Å². The molecule has 0 bridgehead atoms. The lowest BCUT2D eigenvalue weighted by atomic mass is 9.86. The fourth-order valence-electron chi connectivity index (χ4n) is 4.03. The summed E-state index contributed by atoms with van der Waals surface area (Å²) in [6, 6.07) is 14.2. The molecule has 0 aliphatic carbocycles. The average Bonchev–Trinajstić information content (AvgIpc) is 3.35. The largest absolute Gasteiger partial charge is 0.481 e. The van der Waals surface area contributed by atoms with Crippen LogP contribution in [0.1, 0.15) is 50.4 Å². The Balaban J connectivity index is 2.01. The Hall–Kier alpha value is -3.05. The molecule has 0 saturated heterocycles. The molecule has 4 rings (SSSR count). The van der Waals surface area contributed by atoms with Gasteiger partial charge in [-0.1, -0.05) is 43.6 Å². The molecule has 0 spiro atoms. The molecule has 0 radical (unpaired) electrons. The molecule has 0 atom stereocenters. The Morgan fingerprint density at radius 2 is 1.91 bits per heavy atom. The number of carboxylic acids is 1. The van der Waals surface area contributed by atoms with E-state index in [-0.39, 0.29) is 0 Å². The molecule has 0 amide bonds. The molecule has 32 heavy (non-hydrogen) atoms. The van der Waals surface area contributed by atoms with Crippen molar-refractivity contribution in [1.29, 1.82) is 0 Å². The van der Waals surface area contributed by atoms with Gasteiger partial charge in [-0.25, -0.2) is 4.98 Å². The lowest BCUT2D eigenvalue weighted by Gasteiger charge is -2.22. The third-order valence-electron chi connectivity index (χ3n) is 5.98. The first kappa shape index (κ1) is 22.2. The number of oxazole rings is 1. The van der Waals surface area contributed by atoms with Crippen molar-refractivity contribution in [3.63, 3.8) is 0 Å². The summed E-state index contributed by atoms with van der Waals surface area (Å²) in [5.74, 6) is 0.162. The second kappa shape index (κ2) is 8.47. The minimum Gasteiger partial charge on any atom is -0.481 e. The Morgan fingerprint density at radius 1 is 1.19 bits per heavy atom. The molecular weight excluding hydrogens is 424 g/mol. The molecule has 0 aliphatic heterocycles. The molecular formula is C26H27ClN2O3. The predicted octanol–water partition coefficient (Wildman–Crippen LogP) is 6.77. The summed E-state index contributed by atoms with van der Waals surface area (Å²) in [6.07, 6.45) is 3.45. The van der Waals surface area contributed by atoms with E-state index in [2.05, 4.69) is 41.6 Å². The van der Waals surface area contributed by atoms with Crippen LogP contribution in [0.4, 0.5) is 0 Å². The van der Waals surface area contributed by atoms with Gasteiger partial charge in [-0.05, 0) is 55.2 Å². The fourth-order valence-corrected chi connectivity index (χ4v) is 4.16. The first-order valence-electron chi connectivity index (χ1n) is 10.7. The molecule has 1 N–H and O–H groups in total. The summed E-state index contributed by atoms with van der Waals surface area (Å²) in [5, 5.41) is 11.6. The highest BCUT2D eigenvalue weighted by atomic mass is 35.5. The second-order valence-electron chi connectivity index (χ2n) is 9.20. The summed E-state index contributed by atoms with van der Waals surface area (Å²) in [5.41, 5.74) is 4.20. The Labute approximate surface area is 192 Å². The number of benzene rings is 2. The zero-order valence-electron chi connectivity index (χ0n) is 18.7. The molecule has 6 heteroatoms. The maximum absolute atomic E-state index is 12.0. The minimum atomic E-state index is -0.957. The van der Waals surface area contributed by atoms with E-state index in [1.54, 1.807) is 20.0 Å². The van der Waals surface area contributed by atoms with Gasteiger partial charge in [-0.15, -0.1) is 0 Å². The summed E-state index contributed by atoms with van der Waals surface area (Å²) < 4.78 is 7.93. The Morgan fingerprint density at radius 3 is 2.50 bits per heavy atom. The molecule has 2 aromatic carbocycles. The van der Waals surface area contributed by atoms with E-state index in [0.29, 0.717) is 29.7 Å². The van der Waals surface area contributed by atoms with Crippen LogP contribution in [0.3, 0.4) is 0 Å². The Kier molecular flexibility index (Phi) is 5.87. The SMILES string of the molecule is CC(C)c1ccc2c(c1)c(-c1cnco1)c(CC(C)(C)C(=O)O)n2Cc1ccc(Cl)cc1. The van der Waals surface area contributed by atoms with Gasteiger partial charge in [0.05, 0.1) is 11.6 Å². The van der Waals surface area contributed by atoms with Crippen molar-refractivity contribution in [2.75, 3.05) is 0 Å². The summed E-state index contributed by atoms with van der Waals surface area (Å²) in [7, 11) is 0. The number of nitrogens with zero attached hydrogens (tertiary/aromatic N) is 2. The maximum atomic E-state index is 12.0. The summed E-state index contributed by atoms with van der Waals surface area (Å²) in [6.45, 7) is 8.42. The molecule has 0 unspecified atom stereocenters. The van der Waals surface area contributed by atoms with Crippen LogP contribution in [-0.4, -0.2) is 20.6 Å². The quantitative estimate of drug-likeness (QED) is 0.337. The summed E-state index contributed by atoms with van der Waals surface area (Å²) in [4.78, 5) is 16.2. The van der Waals surface area contributed by atoms with Gasteiger partial charge in [-0.3, -0.25) is 4.79 Å². The molecule has 4 aromatic rings. The third kappa shape index (κ3) is 4.17. The molecule has 2 heterocycles. The van der Waals surface area contributed by atoms with Crippen molar-refractivity contribution in [2.45, 2.75) is 46.6 Å². The molecule has 0 aliphatic rings. The first-order chi connectivity index (χ1) is 15.2. The number of carbonyl (C=O) groups is 1. The van der Waals surface area contributed by atoms with Crippen molar-refractivity contribution in [3.8, 4) is 11.3 Å². The topological polar surface area (TPSA) is 68.3 Å². The standard InChI is InChI=1S/C26H27ClN2O3/c1-16(2)18-7-10-21-20(11-18)24(23-13-28-15-32-23)22(12-26(3,4)25(30)31)29(21)14-17-5-8-19(27)9-6-17/h5-11,13,15-16H,12,14H2,1-4H3,(H,30,31). The highest BCUT2D eigenvalue weighted by molar-refractivity contribution is 6.30. The number of aliphatic carboxylic acids is 1. The lowest BCUT2D eigenvalue weighted by molar-refractivity contribution is -0.146. The third-order valence-corrected chi connectivity index (χ3v) is 6.23. The van der Waals surface area contributed by atoms with E-state index in [1.165, 1.54) is 12.0 Å². The number of carboxylic acid groups (broad SMARTS) is 1. The highest BCUT2D eigenvalue weighted by Crippen LogP contribution is 2.40. The van der Waals surface area contributed by atoms with E-state index in [9.17, 15) is 9.90 Å². The maximum Gasteiger partial charge on any atom is 0.309 e. The van der Waals surface area contributed by atoms with Gasteiger partial charge < -0.3 is 14.1 Å². The van der Waals surface area contributed by atoms with Crippen molar-refractivity contribution in [2.24, 2.45) is 5.41 Å². The van der Waals surface area contributed by atoms with Crippen LogP contribution in [0.15, 0.2) is 59.5 Å². The van der Waals surface area contributed by atoms with E-state index in [4.69, 9.17) is 16.0 Å². The van der Waals surface area contributed by atoms with Crippen molar-refractivity contribution < 1.29 is 14.3 Å². The van der Waals surface area contributed by atoms with Crippen LogP contribution in [0.25, 0.3) is 22.2 Å². The van der Waals surface area contributed by atoms with Crippen LogP contribution < -0.4 is 0 Å². The van der Waals surface area contributed by atoms with Crippen LogP contribution in [-0.2, 0) is 17.8 Å². The van der Waals surface area contributed by atoms with Crippen LogP contribution in [0.5, 0.6) is 0 Å².